The largest absolute Gasteiger partial charge is 0.481 e. The number of hydrogen-bond acceptors (Lipinski definition) is 7. The quantitative estimate of drug-likeness (QED) is 0.470. The molecule has 1 N–H and O–H groups in total. The summed E-state index contributed by atoms with van der Waals surface area (Å²) in [5.41, 5.74) is 4.60. The van der Waals surface area contributed by atoms with Gasteiger partial charge in [-0.2, -0.15) is 0 Å². The van der Waals surface area contributed by atoms with Crippen LogP contribution in [0, 0.1) is 0 Å². The Balaban J connectivity index is 1.35. The van der Waals surface area contributed by atoms with E-state index in [4.69, 9.17) is 9.47 Å². The van der Waals surface area contributed by atoms with Crippen LogP contribution in [0.1, 0.15) is 11.7 Å². The van der Waals surface area contributed by atoms with Gasteiger partial charge in [-0.05, 0) is 35.9 Å². The van der Waals surface area contributed by atoms with Crippen molar-refractivity contribution in [1.82, 2.24) is 24.5 Å². The standard InChI is InChI=1S/C23H22N6O3/c1-31-22-9-4-17(12-24-22)20-8-7-19-13-25-23(27-29(19)20)26-18-5-2-16(3-6-18)21-14-28(15-30)10-11-32-21/h2-9,12-13,15,21H,10-11,14H2,1H3,(H,26,27). The van der Waals surface area contributed by atoms with Crippen LogP contribution in [0.15, 0.2) is 60.9 Å². The molecule has 32 heavy (non-hydrogen) atoms. The Labute approximate surface area is 184 Å². The topological polar surface area (TPSA) is 93.9 Å². The van der Waals surface area contributed by atoms with E-state index in [1.807, 2.05) is 53.0 Å². The molecule has 9 nitrogen and oxygen atoms in total. The van der Waals surface area contributed by atoms with Crippen LogP contribution < -0.4 is 10.1 Å². The number of aromatic nitrogens is 4. The highest BCUT2D eigenvalue weighted by Gasteiger charge is 2.20. The Morgan fingerprint density at radius 3 is 2.72 bits per heavy atom. The number of pyridine rings is 1. The molecule has 0 saturated carbocycles. The number of ether oxygens (including phenoxy) is 2. The average molecular weight is 430 g/mol. The first kappa shape index (κ1) is 20.0. The minimum Gasteiger partial charge on any atom is -0.481 e. The van der Waals surface area contributed by atoms with E-state index in [0.717, 1.165) is 34.4 Å². The van der Waals surface area contributed by atoms with Gasteiger partial charge in [0, 0.05) is 30.1 Å². The smallest absolute Gasteiger partial charge is 0.245 e. The lowest BCUT2D eigenvalue weighted by Crippen LogP contribution is -2.37. The molecule has 1 aromatic carbocycles. The number of morpholine rings is 1. The minimum absolute atomic E-state index is 0.115. The third-order valence-electron chi connectivity index (χ3n) is 5.43. The first-order valence-corrected chi connectivity index (χ1v) is 10.3. The van der Waals surface area contributed by atoms with E-state index in [1.54, 1.807) is 24.4 Å². The third kappa shape index (κ3) is 3.97. The Morgan fingerprint density at radius 1 is 1.09 bits per heavy atom. The highest BCUT2D eigenvalue weighted by Crippen LogP contribution is 2.25. The van der Waals surface area contributed by atoms with Gasteiger partial charge in [0.05, 0.1) is 37.7 Å². The maximum Gasteiger partial charge on any atom is 0.245 e. The Bertz CT molecular complexity index is 1220. The van der Waals surface area contributed by atoms with Gasteiger partial charge in [-0.3, -0.25) is 4.79 Å². The lowest BCUT2D eigenvalue weighted by Gasteiger charge is -2.30. The summed E-state index contributed by atoms with van der Waals surface area (Å²) in [5.74, 6) is 1.04. The van der Waals surface area contributed by atoms with Crippen molar-refractivity contribution in [2.75, 3.05) is 32.1 Å². The predicted octanol–water partition coefficient (Wildman–Crippen LogP) is 3.07. The van der Waals surface area contributed by atoms with Crippen LogP contribution in [0.3, 0.4) is 0 Å². The van der Waals surface area contributed by atoms with E-state index in [-0.39, 0.29) is 6.10 Å². The van der Waals surface area contributed by atoms with Crippen molar-refractivity contribution >= 4 is 23.6 Å². The summed E-state index contributed by atoms with van der Waals surface area (Å²) in [4.78, 5) is 21.5. The van der Waals surface area contributed by atoms with Crippen LogP contribution in [-0.4, -0.2) is 57.7 Å². The third-order valence-corrected chi connectivity index (χ3v) is 5.43. The maximum atomic E-state index is 11.0. The molecule has 4 heterocycles. The van der Waals surface area contributed by atoms with Crippen molar-refractivity contribution in [1.29, 1.82) is 0 Å². The van der Waals surface area contributed by atoms with Gasteiger partial charge < -0.3 is 19.7 Å². The van der Waals surface area contributed by atoms with Crippen LogP contribution in [0.2, 0.25) is 0 Å². The van der Waals surface area contributed by atoms with Crippen molar-refractivity contribution < 1.29 is 14.3 Å². The van der Waals surface area contributed by atoms with Gasteiger partial charge in [0.15, 0.2) is 0 Å². The molecule has 9 heteroatoms. The van der Waals surface area contributed by atoms with Gasteiger partial charge in [-0.15, -0.1) is 5.10 Å². The summed E-state index contributed by atoms with van der Waals surface area (Å²) in [6.07, 6.45) is 4.29. The van der Waals surface area contributed by atoms with Gasteiger partial charge in [-0.25, -0.2) is 14.5 Å². The lowest BCUT2D eigenvalue weighted by atomic mass is 10.1. The van der Waals surface area contributed by atoms with Crippen LogP contribution in [-0.2, 0) is 9.53 Å². The molecule has 1 saturated heterocycles. The van der Waals surface area contributed by atoms with Gasteiger partial charge in [-0.1, -0.05) is 12.1 Å². The lowest BCUT2D eigenvalue weighted by molar-refractivity contribution is -0.125. The molecule has 0 radical (unpaired) electrons. The average Bonchev–Trinajstić information content (AvgIpc) is 3.28. The number of fused-ring (bicyclic) bond motifs is 1. The number of amides is 1. The number of rotatable bonds is 6. The van der Waals surface area contributed by atoms with Crippen LogP contribution >= 0.6 is 0 Å². The fourth-order valence-corrected chi connectivity index (χ4v) is 3.71. The fourth-order valence-electron chi connectivity index (χ4n) is 3.71. The Kier molecular flexibility index (Phi) is 5.39. The summed E-state index contributed by atoms with van der Waals surface area (Å²) in [6, 6.07) is 15.6. The molecule has 1 aliphatic heterocycles. The molecule has 1 aliphatic rings. The van der Waals surface area contributed by atoms with Crippen LogP contribution in [0.25, 0.3) is 16.8 Å². The molecule has 0 aliphatic carbocycles. The number of carbonyl (C=O) groups is 1. The zero-order valence-electron chi connectivity index (χ0n) is 17.5. The molecule has 0 spiro atoms. The molecular weight excluding hydrogens is 408 g/mol. The summed E-state index contributed by atoms with van der Waals surface area (Å²) in [6.45, 7) is 1.74. The van der Waals surface area contributed by atoms with E-state index in [1.165, 1.54) is 0 Å². The molecule has 0 bridgehead atoms. The Hall–Kier alpha value is -3.98. The highest BCUT2D eigenvalue weighted by atomic mass is 16.5. The molecule has 1 fully saturated rings. The number of nitrogens with one attached hydrogen (secondary N) is 1. The van der Waals surface area contributed by atoms with Gasteiger partial charge in [0.1, 0.15) is 6.10 Å². The van der Waals surface area contributed by atoms with Gasteiger partial charge in [0.2, 0.25) is 18.2 Å². The fraction of sp³-hybridized carbons (Fsp3) is 0.217. The zero-order chi connectivity index (χ0) is 21.9. The number of benzene rings is 1. The van der Waals surface area contributed by atoms with Crippen molar-refractivity contribution in [2.45, 2.75) is 6.10 Å². The summed E-state index contributed by atoms with van der Waals surface area (Å²) in [7, 11) is 1.59. The van der Waals surface area contributed by atoms with E-state index in [2.05, 4.69) is 20.4 Å². The Morgan fingerprint density at radius 2 is 1.97 bits per heavy atom. The predicted molar refractivity (Wildman–Crippen MR) is 119 cm³/mol. The first-order chi connectivity index (χ1) is 15.7. The monoisotopic (exact) mass is 430 g/mol. The van der Waals surface area contributed by atoms with Gasteiger partial charge >= 0.3 is 0 Å². The molecule has 162 valence electrons. The summed E-state index contributed by atoms with van der Waals surface area (Å²) in [5, 5.41) is 7.89. The van der Waals surface area contributed by atoms with Crippen molar-refractivity contribution in [3.63, 3.8) is 0 Å². The van der Waals surface area contributed by atoms with Crippen LogP contribution in [0.5, 0.6) is 5.88 Å². The molecule has 1 amide bonds. The number of hydrogen-bond donors (Lipinski definition) is 1. The second kappa shape index (κ2) is 8.64. The van der Waals surface area contributed by atoms with Gasteiger partial charge in [0.25, 0.3) is 0 Å². The summed E-state index contributed by atoms with van der Waals surface area (Å²) >= 11 is 0. The molecule has 5 rings (SSSR count). The first-order valence-electron chi connectivity index (χ1n) is 10.3. The SMILES string of the molecule is COc1ccc(-c2ccc3cnc(Nc4ccc(C5CN(C=O)CCO5)cc4)nn23)cn1. The normalized spacial score (nSPS) is 16.2. The van der Waals surface area contributed by atoms with E-state index in [9.17, 15) is 4.79 Å². The molecule has 4 aromatic rings. The maximum absolute atomic E-state index is 11.0. The van der Waals surface area contributed by atoms with E-state index >= 15 is 0 Å². The minimum atomic E-state index is -0.115. The zero-order valence-corrected chi connectivity index (χ0v) is 17.5. The number of nitrogens with zero attached hydrogens (tertiary/aromatic N) is 5. The number of carbonyl (C=O) groups excluding carboxylic acids is 1. The van der Waals surface area contributed by atoms with E-state index < -0.39 is 0 Å². The second-order valence-electron chi connectivity index (χ2n) is 7.43. The molecule has 1 unspecified atom stereocenters. The number of anilines is 2. The highest BCUT2D eigenvalue weighted by molar-refractivity contribution is 5.66. The van der Waals surface area contributed by atoms with E-state index in [0.29, 0.717) is 31.5 Å². The summed E-state index contributed by atoms with van der Waals surface area (Å²) < 4.78 is 12.8. The second-order valence-corrected chi connectivity index (χ2v) is 7.43. The van der Waals surface area contributed by atoms with Crippen molar-refractivity contribution in [2.24, 2.45) is 0 Å². The van der Waals surface area contributed by atoms with Crippen molar-refractivity contribution in [3.05, 3.63) is 66.5 Å². The number of methoxy groups -OCH3 is 1. The molecular formula is C23H22N6O3. The molecule has 3 aromatic heterocycles. The van der Waals surface area contributed by atoms with Crippen molar-refractivity contribution in [3.8, 4) is 17.1 Å². The molecule has 1 atom stereocenters. The van der Waals surface area contributed by atoms with Crippen LogP contribution in [0.4, 0.5) is 11.6 Å².